The van der Waals surface area contributed by atoms with E-state index in [1.54, 1.807) is 49.4 Å². The molecule has 1 aliphatic rings. The van der Waals surface area contributed by atoms with E-state index in [4.69, 9.17) is 0 Å². The molecule has 2 N–H and O–H groups in total. The lowest BCUT2D eigenvalue weighted by atomic mass is 9.93. The fraction of sp³-hybridized carbons (Fsp3) is 0.381. The largest absolute Gasteiger partial charge is 0.324 e. The van der Waals surface area contributed by atoms with Crippen LogP contribution in [0.1, 0.15) is 43.5 Å². The predicted octanol–water partition coefficient (Wildman–Crippen LogP) is 3.51. The molecule has 2 aromatic carbocycles. The molecule has 0 fully saturated rings. The Labute approximate surface area is 165 Å². The summed E-state index contributed by atoms with van der Waals surface area (Å²) < 4.78 is 38.2. The standard InChI is InChI=1S/C21H25FN2O3S/c1-4-28(26,27)17-9-10-18-14(13-17)11-12-23-19(18)20(25)24-16-7-5-15(6-8-16)21(2,3)22/h5-10,13,19,23H,4,11-12H2,1-3H3,(H,24,25). The summed E-state index contributed by atoms with van der Waals surface area (Å²) in [6, 6.07) is 11.0. The maximum absolute atomic E-state index is 14.0. The summed E-state index contributed by atoms with van der Waals surface area (Å²) in [5.74, 6) is -0.195. The Morgan fingerprint density at radius 3 is 2.50 bits per heavy atom. The van der Waals surface area contributed by atoms with Crippen LogP contribution in [0.2, 0.25) is 0 Å². The monoisotopic (exact) mass is 404 g/mol. The van der Waals surface area contributed by atoms with Crippen LogP contribution < -0.4 is 10.6 Å². The number of alkyl halides is 1. The minimum Gasteiger partial charge on any atom is -0.324 e. The van der Waals surface area contributed by atoms with Gasteiger partial charge in [-0.25, -0.2) is 12.8 Å². The van der Waals surface area contributed by atoms with Crippen molar-refractivity contribution < 1.29 is 17.6 Å². The van der Waals surface area contributed by atoms with Crippen LogP contribution in [-0.4, -0.2) is 26.6 Å². The van der Waals surface area contributed by atoms with E-state index in [-0.39, 0.29) is 11.7 Å². The lowest BCUT2D eigenvalue weighted by Gasteiger charge is -2.26. The van der Waals surface area contributed by atoms with Crippen molar-refractivity contribution in [2.45, 2.75) is 43.8 Å². The van der Waals surface area contributed by atoms with E-state index < -0.39 is 21.5 Å². The summed E-state index contributed by atoms with van der Waals surface area (Å²) in [5, 5.41) is 6.03. The Hall–Kier alpha value is -2.25. The van der Waals surface area contributed by atoms with Gasteiger partial charge < -0.3 is 10.6 Å². The van der Waals surface area contributed by atoms with Crippen molar-refractivity contribution in [2.75, 3.05) is 17.6 Å². The lowest BCUT2D eigenvalue weighted by Crippen LogP contribution is -2.38. The van der Waals surface area contributed by atoms with Crippen LogP contribution in [0.5, 0.6) is 0 Å². The number of rotatable bonds is 5. The summed E-state index contributed by atoms with van der Waals surface area (Å²) in [6.45, 7) is 5.16. The summed E-state index contributed by atoms with van der Waals surface area (Å²) >= 11 is 0. The first kappa shape index (κ1) is 20.5. The second-order valence-corrected chi connectivity index (χ2v) is 9.72. The molecule has 1 amide bonds. The summed E-state index contributed by atoms with van der Waals surface area (Å²) in [5.41, 5.74) is 1.32. The van der Waals surface area contributed by atoms with Crippen molar-refractivity contribution >= 4 is 21.4 Å². The van der Waals surface area contributed by atoms with Crippen LogP contribution in [0.3, 0.4) is 0 Å². The number of carbonyl (C=O) groups is 1. The molecular weight excluding hydrogens is 379 g/mol. The molecule has 2 aromatic rings. The quantitative estimate of drug-likeness (QED) is 0.800. The second kappa shape index (κ2) is 7.64. The maximum atomic E-state index is 14.0. The second-order valence-electron chi connectivity index (χ2n) is 7.44. The zero-order chi connectivity index (χ0) is 20.5. The molecule has 3 rings (SSSR count). The molecule has 5 nitrogen and oxygen atoms in total. The molecule has 0 saturated heterocycles. The zero-order valence-corrected chi connectivity index (χ0v) is 17.1. The molecule has 0 aliphatic carbocycles. The van der Waals surface area contributed by atoms with Gasteiger partial charge in [-0.05, 0) is 61.2 Å². The van der Waals surface area contributed by atoms with Crippen LogP contribution in [0.25, 0.3) is 0 Å². The Morgan fingerprint density at radius 2 is 1.89 bits per heavy atom. The smallest absolute Gasteiger partial charge is 0.246 e. The molecule has 1 heterocycles. The molecule has 150 valence electrons. The van der Waals surface area contributed by atoms with E-state index in [0.29, 0.717) is 29.1 Å². The molecule has 0 saturated carbocycles. The van der Waals surface area contributed by atoms with Gasteiger partial charge in [0.05, 0.1) is 10.6 Å². The number of carbonyl (C=O) groups excluding carboxylic acids is 1. The average molecular weight is 405 g/mol. The molecule has 0 aromatic heterocycles. The topological polar surface area (TPSA) is 75.3 Å². The highest BCUT2D eigenvalue weighted by atomic mass is 32.2. The first-order valence-corrected chi connectivity index (χ1v) is 11.0. The number of anilines is 1. The van der Waals surface area contributed by atoms with E-state index in [9.17, 15) is 17.6 Å². The average Bonchev–Trinajstić information content (AvgIpc) is 2.66. The third-order valence-corrected chi connectivity index (χ3v) is 6.74. The van der Waals surface area contributed by atoms with E-state index in [0.717, 1.165) is 11.1 Å². The van der Waals surface area contributed by atoms with E-state index in [1.807, 2.05) is 0 Å². The van der Waals surface area contributed by atoms with Crippen LogP contribution in [0.15, 0.2) is 47.4 Å². The third kappa shape index (κ3) is 4.25. The Balaban J connectivity index is 1.81. The molecule has 1 aliphatic heterocycles. The van der Waals surface area contributed by atoms with Crippen LogP contribution in [0.4, 0.5) is 10.1 Å². The van der Waals surface area contributed by atoms with Crippen molar-refractivity contribution in [1.29, 1.82) is 0 Å². The van der Waals surface area contributed by atoms with Crippen molar-refractivity contribution in [3.8, 4) is 0 Å². The Kier molecular flexibility index (Phi) is 5.59. The van der Waals surface area contributed by atoms with Crippen molar-refractivity contribution in [2.24, 2.45) is 0 Å². The third-order valence-electron chi connectivity index (χ3n) is 5.01. The number of halogens is 1. The minimum atomic E-state index is -3.29. The first-order chi connectivity index (χ1) is 13.1. The van der Waals surface area contributed by atoms with Gasteiger partial charge in [-0.3, -0.25) is 4.79 Å². The highest BCUT2D eigenvalue weighted by Crippen LogP contribution is 2.28. The number of sulfone groups is 1. The number of benzene rings is 2. The van der Waals surface area contributed by atoms with Gasteiger partial charge in [-0.1, -0.05) is 25.1 Å². The van der Waals surface area contributed by atoms with Gasteiger partial charge in [0.1, 0.15) is 11.7 Å². The lowest BCUT2D eigenvalue weighted by molar-refractivity contribution is -0.118. The zero-order valence-electron chi connectivity index (χ0n) is 16.3. The van der Waals surface area contributed by atoms with Gasteiger partial charge in [-0.2, -0.15) is 0 Å². The van der Waals surface area contributed by atoms with Gasteiger partial charge in [0.25, 0.3) is 0 Å². The van der Waals surface area contributed by atoms with E-state index >= 15 is 0 Å². The molecule has 28 heavy (non-hydrogen) atoms. The predicted molar refractivity (Wildman–Crippen MR) is 108 cm³/mol. The molecular formula is C21H25FN2O3S. The van der Waals surface area contributed by atoms with Crippen molar-refractivity contribution in [3.63, 3.8) is 0 Å². The molecule has 1 unspecified atom stereocenters. The SMILES string of the molecule is CCS(=O)(=O)c1ccc2c(c1)CCNC2C(=O)Nc1ccc(C(C)(C)F)cc1. The molecule has 0 bridgehead atoms. The summed E-state index contributed by atoms with van der Waals surface area (Å²) in [7, 11) is -3.29. The minimum absolute atomic E-state index is 0.0413. The fourth-order valence-electron chi connectivity index (χ4n) is 3.30. The summed E-state index contributed by atoms with van der Waals surface area (Å²) in [4.78, 5) is 13.1. The van der Waals surface area contributed by atoms with Gasteiger partial charge >= 0.3 is 0 Å². The number of nitrogens with one attached hydrogen (secondary N) is 2. The molecule has 1 atom stereocenters. The van der Waals surface area contributed by atoms with Gasteiger partial charge in [0, 0.05) is 12.2 Å². The fourth-order valence-corrected chi connectivity index (χ4v) is 4.23. The Morgan fingerprint density at radius 1 is 1.21 bits per heavy atom. The van der Waals surface area contributed by atoms with Gasteiger partial charge in [0.15, 0.2) is 9.84 Å². The number of fused-ring (bicyclic) bond motifs is 1. The first-order valence-electron chi connectivity index (χ1n) is 9.31. The molecule has 7 heteroatoms. The van der Waals surface area contributed by atoms with Crippen LogP contribution >= 0.6 is 0 Å². The van der Waals surface area contributed by atoms with Crippen molar-refractivity contribution in [1.82, 2.24) is 5.32 Å². The number of amides is 1. The highest BCUT2D eigenvalue weighted by Gasteiger charge is 2.27. The molecule has 0 radical (unpaired) electrons. The Bertz CT molecular complexity index is 980. The van der Waals surface area contributed by atoms with Crippen LogP contribution in [0, 0.1) is 0 Å². The van der Waals surface area contributed by atoms with Crippen LogP contribution in [-0.2, 0) is 26.7 Å². The highest BCUT2D eigenvalue weighted by molar-refractivity contribution is 7.91. The molecule has 0 spiro atoms. The van der Waals surface area contributed by atoms with E-state index in [1.165, 1.54) is 13.8 Å². The van der Waals surface area contributed by atoms with Crippen molar-refractivity contribution in [3.05, 3.63) is 59.2 Å². The van der Waals surface area contributed by atoms with E-state index in [2.05, 4.69) is 10.6 Å². The summed E-state index contributed by atoms with van der Waals surface area (Å²) in [6.07, 6.45) is 0.659. The van der Waals surface area contributed by atoms with Gasteiger partial charge in [0.2, 0.25) is 5.91 Å². The number of hydrogen-bond acceptors (Lipinski definition) is 4. The van der Waals surface area contributed by atoms with Gasteiger partial charge in [-0.15, -0.1) is 0 Å². The normalized spacial score (nSPS) is 17.1. The number of hydrogen-bond donors (Lipinski definition) is 2. The maximum Gasteiger partial charge on any atom is 0.246 e.